The van der Waals surface area contributed by atoms with E-state index in [1.54, 1.807) is 0 Å². The average Bonchev–Trinajstić information content (AvgIpc) is 2.75. The van der Waals surface area contributed by atoms with Crippen LogP contribution in [0.3, 0.4) is 0 Å². The van der Waals surface area contributed by atoms with Gasteiger partial charge in [-0.05, 0) is 71.0 Å². The van der Waals surface area contributed by atoms with Gasteiger partial charge in [0.05, 0.1) is 0 Å². The molecule has 1 aliphatic rings. The van der Waals surface area contributed by atoms with Gasteiger partial charge in [0, 0.05) is 31.6 Å². The molecule has 7 heteroatoms. The molecule has 0 aromatic rings. The summed E-state index contributed by atoms with van der Waals surface area (Å²) in [7, 11) is 1.93. The summed E-state index contributed by atoms with van der Waals surface area (Å²) in [5, 5.41) is 9.02. The summed E-state index contributed by atoms with van der Waals surface area (Å²) in [5.74, 6) is 6.49. The Morgan fingerprint density at radius 3 is 2.43 bits per heavy atom. The first-order chi connectivity index (χ1) is 14.5. The number of hydrogen-bond donors (Lipinski definition) is 3. The monoisotopic (exact) mass is 423 g/mol. The predicted octanol–water partition coefficient (Wildman–Crippen LogP) is 2.44. The van der Waals surface area contributed by atoms with Crippen molar-refractivity contribution in [2.45, 2.75) is 96.9 Å². The molecule has 176 valence electrons. The molecule has 0 radical (unpaired) electrons. The Bertz CT molecular complexity index is 420. The van der Waals surface area contributed by atoms with Crippen molar-refractivity contribution in [1.82, 2.24) is 20.5 Å². The largest absolute Gasteiger partial charge is 0.393 e. The summed E-state index contributed by atoms with van der Waals surface area (Å²) in [5.41, 5.74) is 0. The summed E-state index contributed by atoms with van der Waals surface area (Å²) in [6.07, 6.45) is 14.6. The third kappa shape index (κ3) is 13.6. The van der Waals surface area contributed by atoms with Crippen molar-refractivity contribution >= 4 is 13.9 Å². The highest BCUT2D eigenvalue weighted by Gasteiger charge is 2.17. The van der Waals surface area contributed by atoms with Crippen LogP contribution in [0.4, 0.5) is 0 Å². The van der Waals surface area contributed by atoms with Crippen molar-refractivity contribution in [2.75, 3.05) is 39.3 Å². The normalized spacial score (nSPS) is 16.1. The lowest BCUT2D eigenvalue weighted by Gasteiger charge is -2.24. The number of hydrogen-bond acceptors (Lipinski definition) is 5. The smallest absolute Gasteiger partial charge is 0.221 e. The molecule has 4 N–H and O–H groups in total. The van der Waals surface area contributed by atoms with Crippen LogP contribution in [0.25, 0.3) is 0 Å². The maximum Gasteiger partial charge on any atom is 0.221 e. The van der Waals surface area contributed by atoms with Crippen LogP contribution in [0.2, 0.25) is 0 Å². The van der Waals surface area contributed by atoms with Crippen molar-refractivity contribution in [1.29, 1.82) is 0 Å². The third-order valence-electron chi connectivity index (χ3n) is 6.31. The van der Waals surface area contributed by atoms with E-state index in [-0.39, 0.29) is 11.8 Å². The molecule has 1 amide bonds. The fourth-order valence-electron chi connectivity index (χ4n) is 4.29. The fourth-order valence-corrected chi connectivity index (χ4v) is 4.29. The molecule has 1 aliphatic carbocycles. The van der Waals surface area contributed by atoms with Gasteiger partial charge in [0.15, 0.2) is 0 Å². The van der Waals surface area contributed by atoms with Crippen LogP contribution in [0, 0.1) is 5.92 Å². The van der Waals surface area contributed by atoms with Gasteiger partial charge in [0.1, 0.15) is 0 Å². The van der Waals surface area contributed by atoms with E-state index in [0.717, 1.165) is 71.0 Å². The van der Waals surface area contributed by atoms with Crippen LogP contribution < -0.4 is 16.5 Å². The zero-order valence-corrected chi connectivity index (χ0v) is 20.3. The van der Waals surface area contributed by atoms with E-state index in [2.05, 4.69) is 24.5 Å². The Labute approximate surface area is 187 Å². The van der Waals surface area contributed by atoms with E-state index in [1.807, 2.05) is 17.8 Å². The Morgan fingerprint density at radius 1 is 1.00 bits per heavy atom. The summed E-state index contributed by atoms with van der Waals surface area (Å²) in [6.45, 7) is 10.1. The molecule has 30 heavy (non-hydrogen) atoms. The molecule has 6 nitrogen and oxygen atoms in total. The molecule has 0 unspecified atom stereocenters. The molecule has 0 bridgehead atoms. The number of nitrogens with one attached hydrogen (secondary N) is 2. The molecule has 0 heterocycles. The zero-order valence-electron chi connectivity index (χ0n) is 20.3. The van der Waals surface area contributed by atoms with Gasteiger partial charge in [-0.3, -0.25) is 10.6 Å². The first-order valence-electron chi connectivity index (χ1n) is 12.7. The summed E-state index contributed by atoms with van der Waals surface area (Å²) in [6, 6.07) is 0.740. The molecule has 0 saturated heterocycles. The lowest BCUT2D eigenvalue weighted by molar-refractivity contribution is -0.130. The highest BCUT2D eigenvalue weighted by atomic mass is 16.2. The maximum atomic E-state index is 12.6. The van der Waals surface area contributed by atoms with Crippen LogP contribution in [0.15, 0.2) is 0 Å². The van der Waals surface area contributed by atoms with Crippen molar-refractivity contribution in [2.24, 2.45) is 11.8 Å². The lowest BCUT2D eigenvalue weighted by Crippen LogP contribution is -2.38. The molecule has 0 aromatic carbocycles. The van der Waals surface area contributed by atoms with E-state index >= 15 is 0 Å². The molecule has 1 atom stereocenters. The molecule has 1 fully saturated rings. The maximum absolute atomic E-state index is 12.6. The number of carbonyl (C=O) groups excluding carboxylic acids is 1. The molecule has 1 saturated carbocycles. The van der Waals surface area contributed by atoms with Crippen LogP contribution in [0.5, 0.6) is 0 Å². The molecule has 0 aliphatic heterocycles. The standard InChI is InChI=1S/C23H50BN5O/c1-3-15-26-16-9-10-18-28(25)19-11-20-29(24)23(30)21(2)12-7-8-17-27-22-13-5-4-6-14-22/h21-22,26-27H,3-20,24-25H2,1-2H3/t21-/m1/s1. The van der Waals surface area contributed by atoms with Gasteiger partial charge in [-0.2, -0.15) is 0 Å². The Morgan fingerprint density at radius 2 is 1.70 bits per heavy atom. The van der Waals surface area contributed by atoms with Gasteiger partial charge in [-0.25, -0.2) is 5.01 Å². The summed E-state index contributed by atoms with van der Waals surface area (Å²) >= 11 is 0. The molecular weight excluding hydrogens is 373 g/mol. The summed E-state index contributed by atoms with van der Waals surface area (Å²) in [4.78, 5) is 14.5. The molecule has 0 aromatic heterocycles. The van der Waals surface area contributed by atoms with Gasteiger partial charge in [0.25, 0.3) is 0 Å². The van der Waals surface area contributed by atoms with Gasteiger partial charge in [0.2, 0.25) is 13.9 Å². The fraction of sp³-hybridized carbons (Fsp3) is 0.957. The van der Waals surface area contributed by atoms with E-state index in [1.165, 1.54) is 51.4 Å². The lowest BCUT2D eigenvalue weighted by atomic mass is 9.95. The molecular formula is C23H50BN5O. The molecule has 1 rings (SSSR count). The second-order valence-corrected chi connectivity index (χ2v) is 9.29. The number of rotatable bonds is 18. The van der Waals surface area contributed by atoms with Crippen LogP contribution in [0.1, 0.15) is 90.9 Å². The van der Waals surface area contributed by atoms with E-state index in [4.69, 9.17) is 5.84 Å². The average molecular weight is 423 g/mol. The van der Waals surface area contributed by atoms with E-state index in [9.17, 15) is 4.79 Å². The quantitative estimate of drug-likeness (QED) is 0.137. The number of unbranched alkanes of at least 4 members (excludes halogenated alkanes) is 2. The second kappa shape index (κ2) is 18.0. The van der Waals surface area contributed by atoms with Crippen molar-refractivity contribution in [3.63, 3.8) is 0 Å². The van der Waals surface area contributed by atoms with E-state index in [0.29, 0.717) is 0 Å². The van der Waals surface area contributed by atoms with Gasteiger partial charge in [-0.15, -0.1) is 0 Å². The minimum absolute atomic E-state index is 0.120. The van der Waals surface area contributed by atoms with Crippen LogP contribution in [-0.2, 0) is 4.79 Å². The van der Waals surface area contributed by atoms with E-state index < -0.39 is 0 Å². The first kappa shape index (κ1) is 27.4. The Kier molecular flexibility index (Phi) is 16.4. The van der Waals surface area contributed by atoms with Crippen LogP contribution in [-0.4, -0.2) is 69.0 Å². The highest BCUT2D eigenvalue weighted by molar-refractivity contribution is 6.14. The number of nitrogens with zero attached hydrogens (tertiary/aromatic N) is 2. The topological polar surface area (TPSA) is 73.6 Å². The summed E-state index contributed by atoms with van der Waals surface area (Å²) < 4.78 is 0. The van der Waals surface area contributed by atoms with Gasteiger partial charge >= 0.3 is 0 Å². The SMILES string of the molecule is BN(CCCN(N)CCCCNCCC)C(=O)[C@H](C)CCCCNC1CCCCC1. The van der Waals surface area contributed by atoms with Crippen LogP contribution >= 0.6 is 0 Å². The molecule has 0 spiro atoms. The third-order valence-corrected chi connectivity index (χ3v) is 6.31. The minimum Gasteiger partial charge on any atom is -0.393 e. The van der Waals surface area contributed by atoms with Crippen molar-refractivity contribution in [3.05, 3.63) is 0 Å². The van der Waals surface area contributed by atoms with Gasteiger partial charge in [-0.1, -0.05) is 39.5 Å². The first-order valence-corrected chi connectivity index (χ1v) is 12.7. The Balaban J connectivity index is 2.00. The number of carbonyl (C=O) groups is 1. The van der Waals surface area contributed by atoms with Crippen molar-refractivity contribution < 1.29 is 4.79 Å². The van der Waals surface area contributed by atoms with Crippen molar-refractivity contribution in [3.8, 4) is 0 Å². The second-order valence-electron chi connectivity index (χ2n) is 9.29. The predicted molar refractivity (Wildman–Crippen MR) is 131 cm³/mol. The number of amides is 1. The van der Waals surface area contributed by atoms with Gasteiger partial charge < -0.3 is 15.4 Å². The Hall–Kier alpha value is -0.625. The zero-order chi connectivity index (χ0) is 22.0. The number of hydrazine groups is 1. The highest BCUT2D eigenvalue weighted by Crippen LogP contribution is 2.17. The number of nitrogens with two attached hydrogens (primary N) is 1. The minimum atomic E-state index is 0.120.